The summed E-state index contributed by atoms with van der Waals surface area (Å²) in [5.41, 5.74) is 5.01. The molecule has 1 aliphatic heterocycles. The van der Waals surface area contributed by atoms with Crippen LogP contribution >= 0.6 is 11.6 Å². The van der Waals surface area contributed by atoms with Crippen molar-refractivity contribution in [3.63, 3.8) is 0 Å². The van der Waals surface area contributed by atoms with Gasteiger partial charge in [0, 0.05) is 5.92 Å². The number of aromatic nitrogens is 2. The van der Waals surface area contributed by atoms with Crippen LogP contribution in [0.4, 0.5) is 11.5 Å². The number of nitrogens with two attached hydrogens (primary N) is 1. The first-order valence-electron chi connectivity index (χ1n) is 7.63. The Hall–Kier alpha value is -1.19. The number of aliphatic hydroxyl groups excluding tert-OH is 3. The third-order valence-corrected chi connectivity index (χ3v) is 5.20. The molecule has 0 unspecified atom stereocenters. The van der Waals surface area contributed by atoms with Gasteiger partial charge >= 0.3 is 0 Å². The van der Waals surface area contributed by atoms with Crippen LogP contribution in [0.1, 0.15) is 19.3 Å². The molecule has 1 aromatic heterocycles. The van der Waals surface area contributed by atoms with Crippen LogP contribution < -0.4 is 11.1 Å². The molecule has 128 valence electrons. The predicted octanol–water partition coefficient (Wildman–Crippen LogP) is -0.224. The van der Waals surface area contributed by atoms with Crippen molar-refractivity contribution in [2.24, 2.45) is 5.92 Å². The van der Waals surface area contributed by atoms with Gasteiger partial charge in [-0.1, -0.05) is 11.6 Å². The number of anilines is 2. The maximum atomic E-state index is 10.8. The molecule has 1 saturated carbocycles. The molecule has 0 aromatic carbocycles. The number of hydrogen-bond donors (Lipinski definition) is 5. The highest BCUT2D eigenvalue weighted by atomic mass is 35.5. The Kier molecular flexibility index (Phi) is 4.61. The van der Waals surface area contributed by atoms with Gasteiger partial charge in [0.15, 0.2) is 11.0 Å². The smallest absolute Gasteiger partial charge is 0.157 e. The lowest BCUT2D eigenvalue weighted by molar-refractivity contribution is -0.214. The number of rotatable bonds is 3. The van der Waals surface area contributed by atoms with Gasteiger partial charge in [-0.3, -0.25) is 0 Å². The second kappa shape index (κ2) is 6.37. The molecule has 1 spiro atoms. The van der Waals surface area contributed by atoms with Gasteiger partial charge in [0.05, 0.1) is 25.4 Å². The fourth-order valence-electron chi connectivity index (χ4n) is 3.52. The minimum Gasteiger partial charge on any atom is -0.396 e. The number of ether oxygens (including phenoxy) is 1. The largest absolute Gasteiger partial charge is 0.396 e. The van der Waals surface area contributed by atoms with Crippen molar-refractivity contribution in [2.45, 2.75) is 43.1 Å². The zero-order chi connectivity index (χ0) is 16.6. The summed E-state index contributed by atoms with van der Waals surface area (Å²) >= 11 is 5.89. The lowest BCUT2D eigenvalue weighted by Gasteiger charge is -2.48. The van der Waals surface area contributed by atoms with E-state index in [0.29, 0.717) is 12.8 Å². The SMILES string of the molecule is Nc1c(Cl)ncnc1N[C@@H]1[C@H](CO)CO[C@@]2(CCC[C@H]2O)[C@H]1O. The van der Waals surface area contributed by atoms with Gasteiger partial charge in [0.2, 0.25) is 0 Å². The quantitative estimate of drug-likeness (QED) is 0.475. The molecule has 1 aromatic rings. The minimum atomic E-state index is -1.02. The zero-order valence-electron chi connectivity index (χ0n) is 12.5. The molecular weight excluding hydrogens is 324 g/mol. The van der Waals surface area contributed by atoms with Crippen LogP contribution in [0.2, 0.25) is 5.15 Å². The summed E-state index contributed by atoms with van der Waals surface area (Å²) in [6.07, 6.45) is 1.42. The maximum absolute atomic E-state index is 10.8. The topological polar surface area (TPSA) is 134 Å². The summed E-state index contributed by atoms with van der Waals surface area (Å²) < 4.78 is 5.79. The van der Waals surface area contributed by atoms with Gasteiger partial charge in [-0.2, -0.15) is 0 Å². The minimum absolute atomic E-state index is 0.111. The summed E-state index contributed by atoms with van der Waals surface area (Å²) in [5, 5.41) is 33.9. The Balaban J connectivity index is 1.89. The van der Waals surface area contributed by atoms with Crippen molar-refractivity contribution < 1.29 is 20.1 Å². The van der Waals surface area contributed by atoms with Gasteiger partial charge in [-0.15, -0.1) is 0 Å². The highest BCUT2D eigenvalue weighted by Crippen LogP contribution is 2.42. The highest BCUT2D eigenvalue weighted by molar-refractivity contribution is 6.32. The van der Waals surface area contributed by atoms with Crippen molar-refractivity contribution in [3.05, 3.63) is 11.5 Å². The number of nitrogens with one attached hydrogen (secondary N) is 1. The maximum Gasteiger partial charge on any atom is 0.157 e. The van der Waals surface area contributed by atoms with Crippen LogP contribution in [0, 0.1) is 5.92 Å². The summed E-state index contributed by atoms with van der Waals surface area (Å²) in [7, 11) is 0. The first kappa shape index (κ1) is 16.7. The van der Waals surface area contributed by atoms with E-state index in [2.05, 4.69) is 15.3 Å². The predicted molar refractivity (Wildman–Crippen MR) is 84.0 cm³/mol. The average molecular weight is 345 g/mol. The van der Waals surface area contributed by atoms with Gasteiger partial charge in [0.25, 0.3) is 0 Å². The van der Waals surface area contributed by atoms with Crippen molar-refractivity contribution in [2.75, 3.05) is 24.3 Å². The number of halogens is 1. The Bertz CT molecular complexity index is 578. The molecule has 0 radical (unpaired) electrons. The third kappa shape index (κ3) is 2.74. The molecule has 0 bridgehead atoms. The zero-order valence-corrected chi connectivity index (χ0v) is 13.3. The van der Waals surface area contributed by atoms with Gasteiger partial charge in [-0.25, -0.2) is 9.97 Å². The van der Waals surface area contributed by atoms with Gasteiger partial charge < -0.3 is 31.1 Å². The normalized spacial score (nSPS) is 37.2. The van der Waals surface area contributed by atoms with Crippen LogP contribution in [-0.2, 0) is 4.74 Å². The van der Waals surface area contributed by atoms with E-state index in [4.69, 9.17) is 22.1 Å². The lowest BCUT2D eigenvalue weighted by atomic mass is 9.79. The molecular formula is C14H21ClN4O4. The molecule has 0 amide bonds. The molecule has 1 aliphatic carbocycles. The highest BCUT2D eigenvalue weighted by Gasteiger charge is 2.56. The summed E-state index contributed by atoms with van der Waals surface area (Å²) in [6, 6.07) is -0.574. The Morgan fingerprint density at radius 2 is 2.22 bits per heavy atom. The Morgan fingerprint density at radius 3 is 2.87 bits per heavy atom. The second-order valence-corrected chi connectivity index (χ2v) is 6.52. The molecule has 3 rings (SSSR count). The third-order valence-electron chi connectivity index (χ3n) is 4.90. The van der Waals surface area contributed by atoms with Gasteiger partial charge in [-0.05, 0) is 19.3 Å². The molecule has 23 heavy (non-hydrogen) atoms. The van der Waals surface area contributed by atoms with Crippen molar-refractivity contribution in [1.29, 1.82) is 0 Å². The molecule has 1 saturated heterocycles. The van der Waals surface area contributed by atoms with Crippen molar-refractivity contribution in [1.82, 2.24) is 9.97 Å². The van der Waals surface area contributed by atoms with Crippen LogP contribution in [0.5, 0.6) is 0 Å². The number of aliphatic hydroxyl groups is 3. The summed E-state index contributed by atoms with van der Waals surface area (Å²) in [6.45, 7) is 0.0423. The Labute approximate surface area is 138 Å². The van der Waals surface area contributed by atoms with Crippen LogP contribution in [0.25, 0.3) is 0 Å². The molecule has 8 nitrogen and oxygen atoms in total. The molecule has 6 N–H and O–H groups in total. The van der Waals surface area contributed by atoms with E-state index in [1.807, 2.05) is 0 Å². The summed E-state index contributed by atoms with van der Waals surface area (Å²) in [4.78, 5) is 7.83. The standard InChI is InChI=1S/C14H21ClN4O4/c15-12-9(16)13(18-6-17-12)19-10-7(4-20)5-23-14(11(10)22)3-1-2-8(14)21/h6-8,10-11,20-22H,1-5,16H2,(H,17,18,19)/t7-,8-,10-,11+,14-/m1/s1. The van der Waals surface area contributed by atoms with E-state index < -0.39 is 23.9 Å². The van der Waals surface area contributed by atoms with E-state index in [1.165, 1.54) is 6.33 Å². The van der Waals surface area contributed by atoms with E-state index in [1.54, 1.807) is 0 Å². The van der Waals surface area contributed by atoms with E-state index in [0.717, 1.165) is 6.42 Å². The summed E-state index contributed by atoms with van der Waals surface area (Å²) in [5.74, 6) is -0.0754. The van der Waals surface area contributed by atoms with Crippen molar-refractivity contribution in [3.8, 4) is 0 Å². The van der Waals surface area contributed by atoms with E-state index in [9.17, 15) is 15.3 Å². The fourth-order valence-corrected chi connectivity index (χ4v) is 3.65. The number of hydrogen-bond acceptors (Lipinski definition) is 8. The molecule has 5 atom stereocenters. The fraction of sp³-hybridized carbons (Fsp3) is 0.714. The van der Waals surface area contributed by atoms with Gasteiger partial charge in [0.1, 0.15) is 23.7 Å². The van der Waals surface area contributed by atoms with Crippen molar-refractivity contribution >= 4 is 23.1 Å². The van der Waals surface area contributed by atoms with Crippen LogP contribution in [-0.4, -0.2) is 62.4 Å². The number of nitrogen functional groups attached to an aromatic ring is 1. The Morgan fingerprint density at radius 1 is 1.43 bits per heavy atom. The van der Waals surface area contributed by atoms with Crippen LogP contribution in [0.3, 0.4) is 0 Å². The average Bonchev–Trinajstić information content (AvgIpc) is 2.90. The monoisotopic (exact) mass is 344 g/mol. The lowest BCUT2D eigenvalue weighted by Crippen LogP contribution is -2.64. The van der Waals surface area contributed by atoms with Crippen LogP contribution in [0.15, 0.2) is 6.33 Å². The first-order chi connectivity index (χ1) is 11.0. The molecule has 9 heteroatoms. The van der Waals surface area contributed by atoms with E-state index in [-0.39, 0.29) is 35.8 Å². The second-order valence-electron chi connectivity index (χ2n) is 6.16. The molecule has 2 heterocycles. The molecule has 2 aliphatic rings. The first-order valence-corrected chi connectivity index (χ1v) is 8.01. The molecule has 2 fully saturated rings. The number of nitrogens with zero attached hydrogens (tertiary/aromatic N) is 2. The van der Waals surface area contributed by atoms with E-state index >= 15 is 0 Å².